The number of allylic oxidation sites excluding steroid dienone is 4. The van der Waals surface area contributed by atoms with E-state index in [0.717, 1.165) is 5.56 Å². The lowest BCUT2D eigenvalue weighted by Gasteiger charge is -2.03. The molecule has 90 valence electrons. The lowest BCUT2D eigenvalue weighted by atomic mass is 10.1. The molecule has 0 fully saturated rings. The van der Waals surface area contributed by atoms with Crippen LogP contribution in [0.25, 0.3) is 0 Å². The van der Waals surface area contributed by atoms with E-state index in [1.807, 2.05) is 18.2 Å². The summed E-state index contributed by atoms with van der Waals surface area (Å²) in [6, 6.07) is 5.26. The highest BCUT2D eigenvalue weighted by Crippen LogP contribution is 2.09. The smallest absolute Gasteiger partial charge is 0.126 e. The van der Waals surface area contributed by atoms with Gasteiger partial charge in [-0.15, -0.1) is 0 Å². The molecule has 0 saturated heterocycles. The first-order chi connectivity index (χ1) is 8.24. The maximum absolute atomic E-state index is 13.2. The van der Waals surface area contributed by atoms with Gasteiger partial charge in [0.1, 0.15) is 5.82 Å². The predicted octanol–water partition coefficient (Wildman–Crippen LogP) is 3.95. The molecule has 0 bridgehead atoms. The summed E-state index contributed by atoms with van der Waals surface area (Å²) < 4.78 is 18.5. The van der Waals surface area contributed by atoms with Crippen molar-refractivity contribution in [3.8, 4) is 0 Å². The van der Waals surface area contributed by atoms with Gasteiger partial charge in [0, 0.05) is 6.42 Å². The molecular formula is C15H17FO. The molecule has 0 unspecified atom stereocenters. The van der Waals surface area contributed by atoms with Crippen LogP contribution in [0, 0.1) is 12.7 Å². The number of ether oxygens (including phenoxy) is 1. The van der Waals surface area contributed by atoms with Crippen molar-refractivity contribution in [2.24, 2.45) is 0 Å². The second kappa shape index (κ2) is 7.44. The third-order valence-corrected chi connectivity index (χ3v) is 2.28. The van der Waals surface area contributed by atoms with Crippen LogP contribution in [0.4, 0.5) is 4.39 Å². The summed E-state index contributed by atoms with van der Waals surface area (Å²) in [4.78, 5) is 0. The summed E-state index contributed by atoms with van der Waals surface area (Å²) >= 11 is 0. The highest BCUT2D eigenvalue weighted by molar-refractivity contribution is 5.23. The molecule has 0 atom stereocenters. The van der Waals surface area contributed by atoms with Crippen molar-refractivity contribution in [2.45, 2.75) is 13.3 Å². The summed E-state index contributed by atoms with van der Waals surface area (Å²) in [5, 5.41) is 0. The van der Waals surface area contributed by atoms with E-state index in [9.17, 15) is 4.39 Å². The minimum Gasteiger partial charge on any atom is -0.501 e. The van der Waals surface area contributed by atoms with Crippen LogP contribution < -0.4 is 0 Å². The Balaban J connectivity index is 2.31. The van der Waals surface area contributed by atoms with Gasteiger partial charge < -0.3 is 4.74 Å². The number of hydrogen-bond donors (Lipinski definition) is 0. The maximum Gasteiger partial charge on any atom is 0.126 e. The Hall–Kier alpha value is -1.83. The summed E-state index contributed by atoms with van der Waals surface area (Å²) in [6.07, 6.45) is 9.45. The van der Waals surface area contributed by atoms with Gasteiger partial charge in [-0.3, -0.25) is 0 Å². The van der Waals surface area contributed by atoms with Crippen LogP contribution in [-0.4, -0.2) is 6.61 Å². The number of hydrogen-bond acceptors (Lipinski definition) is 1. The molecule has 0 spiro atoms. The normalized spacial score (nSPS) is 11.2. The molecule has 1 aromatic rings. The van der Waals surface area contributed by atoms with E-state index in [-0.39, 0.29) is 5.82 Å². The molecule has 17 heavy (non-hydrogen) atoms. The molecule has 1 nitrogen and oxygen atoms in total. The number of halogens is 1. The van der Waals surface area contributed by atoms with Gasteiger partial charge in [-0.25, -0.2) is 4.39 Å². The fourth-order valence-electron chi connectivity index (χ4n) is 1.28. The molecule has 0 aliphatic carbocycles. The quantitative estimate of drug-likeness (QED) is 0.410. The van der Waals surface area contributed by atoms with Crippen molar-refractivity contribution in [3.05, 3.63) is 72.3 Å². The molecule has 0 aromatic heterocycles. The fourth-order valence-corrected chi connectivity index (χ4v) is 1.28. The summed E-state index contributed by atoms with van der Waals surface area (Å²) in [5.41, 5.74) is 1.62. The van der Waals surface area contributed by atoms with E-state index in [2.05, 4.69) is 6.58 Å². The zero-order chi connectivity index (χ0) is 12.5. The van der Waals surface area contributed by atoms with Gasteiger partial charge in [-0.05, 0) is 30.2 Å². The maximum atomic E-state index is 13.2. The van der Waals surface area contributed by atoms with E-state index in [4.69, 9.17) is 4.74 Å². The van der Waals surface area contributed by atoms with Crippen molar-refractivity contribution in [1.29, 1.82) is 0 Å². The highest BCUT2D eigenvalue weighted by Gasteiger charge is 1.98. The molecule has 0 saturated carbocycles. The minimum absolute atomic E-state index is 0.160. The Labute approximate surface area is 102 Å². The van der Waals surface area contributed by atoms with E-state index >= 15 is 0 Å². The van der Waals surface area contributed by atoms with E-state index in [1.54, 1.807) is 37.5 Å². The third kappa shape index (κ3) is 5.16. The van der Waals surface area contributed by atoms with Crippen LogP contribution >= 0.6 is 0 Å². The van der Waals surface area contributed by atoms with Crippen LogP contribution in [0.1, 0.15) is 11.1 Å². The molecule has 2 heteroatoms. The lowest BCUT2D eigenvalue weighted by molar-refractivity contribution is 0.253. The van der Waals surface area contributed by atoms with E-state index < -0.39 is 0 Å². The average molecular weight is 232 g/mol. The second-order valence-corrected chi connectivity index (χ2v) is 3.65. The van der Waals surface area contributed by atoms with Crippen LogP contribution in [0.15, 0.2) is 55.3 Å². The fraction of sp³-hybridized carbons (Fsp3) is 0.200. The van der Waals surface area contributed by atoms with Gasteiger partial charge in [-0.1, -0.05) is 36.9 Å². The molecule has 0 N–H and O–H groups in total. The molecule has 0 radical (unpaired) electrons. The molecule has 1 rings (SSSR count). The van der Waals surface area contributed by atoms with Crippen LogP contribution in [-0.2, 0) is 11.2 Å². The standard InChI is InChI=1S/C15H17FO/c1-3-4-5-6-10-17-11-9-14-8-7-13(2)15(16)12-14/h3-8,10,12H,1,9,11H2,2H3/b5-4-,10-6-. The van der Waals surface area contributed by atoms with E-state index in [1.165, 1.54) is 0 Å². The lowest BCUT2D eigenvalue weighted by Crippen LogP contribution is -1.95. The zero-order valence-corrected chi connectivity index (χ0v) is 10.0. The molecule has 1 aromatic carbocycles. The monoisotopic (exact) mass is 232 g/mol. The Morgan fingerprint density at radius 3 is 2.82 bits per heavy atom. The molecule has 0 heterocycles. The SMILES string of the molecule is C=C/C=C\C=C/OCCc1ccc(C)c(F)c1. The highest BCUT2D eigenvalue weighted by atomic mass is 19.1. The number of rotatable bonds is 6. The zero-order valence-electron chi connectivity index (χ0n) is 10.0. The average Bonchev–Trinajstić information content (AvgIpc) is 2.32. The molecule has 0 amide bonds. The van der Waals surface area contributed by atoms with Gasteiger partial charge in [-0.2, -0.15) is 0 Å². The third-order valence-electron chi connectivity index (χ3n) is 2.28. The molecule has 0 aliphatic rings. The van der Waals surface area contributed by atoms with Gasteiger partial charge in [0.2, 0.25) is 0 Å². The first-order valence-corrected chi connectivity index (χ1v) is 5.55. The van der Waals surface area contributed by atoms with Gasteiger partial charge in [0.05, 0.1) is 12.9 Å². The van der Waals surface area contributed by atoms with Crippen molar-refractivity contribution in [3.63, 3.8) is 0 Å². The summed E-state index contributed by atoms with van der Waals surface area (Å²) in [6.45, 7) is 5.85. The van der Waals surface area contributed by atoms with Gasteiger partial charge >= 0.3 is 0 Å². The van der Waals surface area contributed by atoms with Crippen LogP contribution in [0.2, 0.25) is 0 Å². The molecular weight excluding hydrogens is 215 g/mol. The van der Waals surface area contributed by atoms with Crippen molar-refractivity contribution in [2.75, 3.05) is 6.61 Å². The second-order valence-electron chi connectivity index (χ2n) is 3.65. The van der Waals surface area contributed by atoms with Crippen molar-refractivity contribution in [1.82, 2.24) is 0 Å². The van der Waals surface area contributed by atoms with Gasteiger partial charge in [0.15, 0.2) is 0 Å². The summed E-state index contributed by atoms with van der Waals surface area (Å²) in [5.74, 6) is -0.160. The first-order valence-electron chi connectivity index (χ1n) is 5.55. The van der Waals surface area contributed by atoms with E-state index in [0.29, 0.717) is 18.6 Å². The largest absolute Gasteiger partial charge is 0.501 e. The Bertz CT molecular complexity index is 419. The first kappa shape index (κ1) is 13.2. The molecule has 0 aliphatic heterocycles. The summed E-state index contributed by atoms with van der Waals surface area (Å²) in [7, 11) is 0. The van der Waals surface area contributed by atoms with Crippen LogP contribution in [0.3, 0.4) is 0 Å². The van der Waals surface area contributed by atoms with Crippen molar-refractivity contribution < 1.29 is 9.13 Å². The Morgan fingerprint density at radius 1 is 1.29 bits per heavy atom. The minimum atomic E-state index is -0.160. The topological polar surface area (TPSA) is 9.23 Å². The number of aryl methyl sites for hydroxylation is 1. The Morgan fingerprint density at radius 2 is 2.12 bits per heavy atom. The van der Waals surface area contributed by atoms with Crippen molar-refractivity contribution >= 4 is 0 Å². The van der Waals surface area contributed by atoms with Crippen LogP contribution in [0.5, 0.6) is 0 Å². The Kier molecular flexibility index (Phi) is 5.80. The van der Waals surface area contributed by atoms with Gasteiger partial charge in [0.25, 0.3) is 0 Å². The predicted molar refractivity (Wildman–Crippen MR) is 69.3 cm³/mol. The number of benzene rings is 1.